The summed E-state index contributed by atoms with van der Waals surface area (Å²) in [6.07, 6.45) is 2.02. The number of benzene rings is 1. The van der Waals surface area contributed by atoms with Gasteiger partial charge in [-0.1, -0.05) is 29.8 Å². The third-order valence-corrected chi connectivity index (χ3v) is 2.28. The molecule has 0 radical (unpaired) electrons. The fourth-order valence-electron chi connectivity index (χ4n) is 1.45. The first-order valence-electron chi connectivity index (χ1n) is 3.96. The predicted octanol–water partition coefficient (Wildman–Crippen LogP) is 3.08. The van der Waals surface area contributed by atoms with E-state index in [9.17, 15) is 0 Å². The first kappa shape index (κ1) is 7.69. The van der Waals surface area contributed by atoms with Crippen LogP contribution in [0.25, 0.3) is 5.57 Å². The van der Waals surface area contributed by atoms with E-state index in [1.54, 1.807) is 0 Å². The van der Waals surface area contributed by atoms with Crippen LogP contribution < -0.4 is 5.32 Å². The molecule has 12 heavy (non-hydrogen) atoms. The fourth-order valence-corrected chi connectivity index (χ4v) is 1.76. The predicted molar refractivity (Wildman–Crippen MR) is 53.4 cm³/mol. The average Bonchev–Trinajstić information content (AvgIpc) is 2.04. The summed E-state index contributed by atoms with van der Waals surface area (Å²) < 4.78 is 0. The Morgan fingerprint density at radius 2 is 2.08 bits per heavy atom. The zero-order valence-electron chi connectivity index (χ0n) is 6.84. The summed E-state index contributed by atoms with van der Waals surface area (Å²) in [4.78, 5) is 0. The molecule has 2 heteroatoms. The Hall–Kier alpha value is -0.950. The van der Waals surface area contributed by atoms with E-state index < -0.39 is 0 Å². The molecule has 0 saturated carbocycles. The largest absolute Gasteiger partial charge is 0.366 e. The summed E-state index contributed by atoms with van der Waals surface area (Å²) in [5, 5.41) is 3.18. The first-order valence-corrected chi connectivity index (χ1v) is 4.39. The lowest BCUT2D eigenvalue weighted by molar-refractivity contribution is 1.20. The van der Waals surface area contributed by atoms with Crippen LogP contribution in [0.4, 0.5) is 5.69 Å². The van der Waals surface area contributed by atoms with Crippen LogP contribution in [-0.4, -0.2) is 5.50 Å². The van der Waals surface area contributed by atoms with Crippen molar-refractivity contribution in [3.05, 3.63) is 35.9 Å². The van der Waals surface area contributed by atoms with Gasteiger partial charge in [-0.3, -0.25) is 0 Å². The van der Waals surface area contributed by atoms with Crippen molar-refractivity contribution in [3.8, 4) is 0 Å². The quantitative estimate of drug-likeness (QED) is 0.477. The van der Waals surface area contributed by atoms with Crippen LogP contribution >= 0.6 is 11.6 Å². The molecule has 1 aromatic carbocycles. The lowest BCUT2D eigenvalue weighted by Crippen LogP contribution is -2.14. The molecule has 1 atom stereocenters. The van der Waals surface area contributed by atoms with E-state index in [1.807, 2.05) is 24.3 Å². The number of nitrogens with one attached hydrogen (secondary N) is 1. The standard InChI is InChI=1S/C10H10ClN/c1-7-6-10(11)12-9-5-3-2-4-8(7)9/h2-6,10,12H,1H3/t10-/m0/s1. The van der Waals surface area contributed by atoms with Crippen molar-refractivity contribution in [1.29, 1.82) is 0 Å². The molecule has 0 amide bonds. The van der Waals surface area contributed by atoms with Gasteiger partial charge in [0.1, 0.15) is 5.50 Å². The van der Waals surface area contributed by atoms with E-state index in [4.69, 9.17) is 11.6 Å². The molecule has 1 aliphatic rings. The number of rotatable bonds is 0. The highest BCUT2D eigenvalue weighted by molar-refractivity contribution is 6.23. The van der Waals surface area contributed by atoms with Crippen LogP contribution in [0.5, 0.6) is 0 Å². The molecule has 0 saturated heterocycles. The van der Waals surface area contributed by atoms with Crippen LogP contribution in [0.2, 0.25) is 0 Å². The van der Waals surface area contributed by atoms with Gasteiger partial charge in [0, 0.05) is 11.3 Å². The van der Waals surface area contributed by atoms with Gasteiger partial charge in [0.15, 0.2) is 0 Å². The second-order valence-electron chi connectivity index (χ2n) is 2.94. The molecule has 0 aliphatic carbocycles. The van der Waals surface area contributed by atoms with Gasteiger partial charge in [-0.05, 0) is 24.6 Å². The van der Waals surface area contributed by atoms with Crippen LogP contribution in [0.3, 0.4) is 0 Å². The minimum Gasteiger partial charge on any atom is -0.366 e. The first-order chi connectivity index (χ1) is 5.77. The summed E-state index contributed by atoms with van der Waals surface area (Å²) in [5.74, 6) is 0. The number of anilines is 1. The van der Waals surface area contributed by atoms with E-state index in [1.165, 1.54) is 11.1 Å². The van der Waals surface area contributed by atoms with Crippen molar-refractivity contribution in [2.24, 2.45) is 0 Å². The van der Waals surface area contributed by atoms with Crippen LogP contribution in [0, 0.1) is 0 Å². The van der Waals surface area contributed by atoms with Crippen LogP contribution in [0.1, 0.15) is 12.5 Å². The fraction of sp³-hybridized carbons (Fsp3) is 0.200. The second-order valence-corrected chi connectivity index (χ2v) is 3.41. The van der Waals surface area contributed by atoms with E-state index in [2.05, 4.69) is 18.3 Å². The molecule has 1 nitrogen and oxygen atoms in total. The highest BCUT2D eigenvalue weighted by Crippen LogP contribution is 2.29. The van der Waals surface area contributed by atoms with Gasteiger partial charge < -0.3 is 5.32 Å². The van der Waals surface area contributed by atoms with Crippen molar-refractivity contribution in [2.75, 3.05) is 5.32 Å². The molecular formula is C10H10ClN. The van der Waals surface area contributed by atoms with Gasteiger partial charge in [-0.25, -0.2) is 0 Å². The maximum Gasteiger partial charge on any atom is 0.121 e. The Morgan fingerprint density at radius 1 is 1.33 bits per heavy atom. The molecule has 62 valence electrons. The van der Waals surface area contributed by atoms with Gasteiger partial charge in [0.2, 0.25) is 0 Å². The second kappa shape index (κ2) is 2.83. The lowest BCUT2D eigenvalue weighted by Gasteiger charge is -2.20. The number of hydrogen-bond acceptors (Lipinski definition) is 1. The molecular weight excluding hydrogens is 170 g/mol. The molecule has 0 unspecified atom stereocenters. The van der Waals surface area contributed by atoms with Gasteiger partial charge in [-0.15, -0.1) is 0 Å². The Morgan fingerprint density at radius 3 is 2.92 bits per heavy atom. The Kier molecular flexibility index (Phi) is 1.81. The zero-order valence-corrected chi connectivity index (χ0v) is 7.60. The summed E-state index contributed by atoms with van der Waals surface area (Å²) in [5.41, 5.74) is 3.54. The Balaban J connectivity index is 2.53. The molecule has 0 spiro atoms. The smallest absolute Gasteiger partial charge is 0.121 e. The topological polar surface area (TPSA) is 12.0 Å². The summed E-state index contributed by atoms with van der Waals surface area (Å²) in [6.45, 7) is 2.08. The van der Waals surface area contributed by atoms with Crippen molar-refractivity contribution < 1.29 is 0 Å². The lowest BCUT2D eigenvalue weighted by atomic mass is 10.0. The number of alkyl halides is 1. The van der Waals surface area contributed by atoms with Gasteiger partial charge in [0.25, 0.3) is 0 Å². The highest BCUT2D eigenvalue weighted by atomic mass is 35.5. The van der Waals surface area contributed by atoms with E-state index in [0.29, 0.717) is 0 Å². The minimum absolute atomic E-state index is 0.0695. The highest BCUT2D eigenvalue weighted by Gasteiger charge is 2.12. The van der Waals surface area contributed by atoms with E-state index >= 15 is 0 Å². The molecule has 0 fully saturated rings. The SMILES string of the molecule is CC1=C[C@@H](Cl)Nc2ccccc21. The number of halogens is 1. The maximum absolute atomic E-state index is 5.95. The van der Waals surface area contributed by atoms with Crippen LogP contribution in [-0.2, 0) is 0 Å². The third-order valence-electron chi connectivity index (χ3n) is 2.04. The third kappa shape index (κ3) is 1.21. The van der Waals surface area contributed by atoms with Crippen LogP contribution in [0.15, 0.2) is 30.3 Å². The molecule has 1 aromatic rings. The van der Waals surface area contributed by atoms with E-state index in [-0.39, 0.29) is 5.50 Å². The Bertz CT molecular complexity index is 330. The summed E-state index contributed by atoms with van der Waals surface area (Å²) in [6, 6.07) is 8.18. The molecule has 0 bridgehead atoms. The van der Waals surface area contributed by atoms with E-state index in [0.717, 1.165) is 5.69 Å². The van der Waals surface area contributed by atoms with Gasteiger partial charge in [-0.2, -0.15) is 0 Å². The Labute approximate surface area is 77.0 Å². The van der Waals surface area contributed by atoms with Crippen molar-refractivity contribution in [2.45, 2.75) is 12.4 Å². The molecule has 1 heterocycles. The molecule has 1 aliphatic heterocycles. The normalized spacial score (nSPS) is 20.8. The zero-order chi connectivity index (χ0) is 8.55. The summed E-state index contributed by atoms with van der Waals surface area (Å²) in [7, 11) is 0. The molecule has 2 rings (SSSR count). The average molecular weight is 180 g/mol. The monoisotopic (exact) mass is 179 g/mol. The van der Waals surface area contributed by atoms with Gasteiger partial charge >= 0.3 is 0 Å². The van der Waals surface area contributed by atoms with Crippen molar-refractivity contribution in [3.63, 3.8) is 0 Å². The number of allylic oxidation sites excluding steroid dienone is 1. The molecule has 1 N–H and O–H groups in total. The summed E-state index contributed by atoms with van der Waals surface area (Å²) >= 11 is 5.95. The maximum atomic E-state index is 5.95. The number of para-hydroxylation sites is 1. The number of fused-ring (bicyclic) bond motifs is 1. The van der Waals surface area contributed by atoms with Crippen molar-refractivity contribution >= 4 is 22.9 Å². The van der Waals surface area contributed by atoms with Crippen molar-refractivity contribution in [1.82, 2.24) is 0 Å². The van der Waals surface area contributed by atoms with Gasteiger partial charge in [0.05, 0.1) is 0 Å². The number of hydrogen-bond donors (Lipinski definition) is 1. The minimum atomic E-state index is -0.0695. The molecule has 0 aromatic heterocycles.